The van der Waals surface area contributed by atoms with Crippen molar-refractivity contribution in [2.24, 2.45) is 23.5 Å². The van der Waals surface area contributed by atoms with E-state index in [1.807, 2.05) is 27.7 Å². The molecule has 0 aromatic heterocycles. The number of halogens is 1. The van der Waals surface area contributed by atoms with Gasteiger partial charge in [0, 0.05) is 5.92 Å². The third-order valence-electron chi connectivity index (χ3n) is 2.29. The van der Waals surface area contributed by atoms with Gasteiger partial charge in [0.05, 0.1) is 0 Å². The van der Waals surface area contributed by atoms with Gasteiger partial charge in [-0.2, -0.15) is 0 Å². The fourth-order valence-corrected chi connectivity index (χ4v) is 1.46. The van der Waals surface area contributed by atoms with Gasteiger partial charge >= 0.3 is 0 Å². The van der Waals surface area contributed by atoms with Crippen LogP contribution in [0.5, 0.6) is 0 Å². The number of hydrogen-bond acceptors (Lipinski definition) is 1. The summed E-state index contributed by atoms with van der Waals surface area (Å²) in [6.07, 6.45) is -0.0879. The summed E-state index contributed by atoms with van der Waals surface area (Å²) in [5.41, 5.74) is 5.51. The Hall–Kier alpha value is -0.110. The minimum atomic E-state index is -0.727. The molecule has 0 aliphatic heterocycles. The van der Waals surface area contributed by atoms with Gasteiger partial charge in [-0.25, -0.2) is 4.39 Å². The van der Waals surface area contributed by atoms with Crippen LogP contribution in [-0.2, 0) is 0 Å². The van der Waals surface area contributed by atoms with E-state index in [2.05, 4.69) is 0 Å². The van der Waals surface area contributed by atoms with Crippen LogP contribution in [0.3, 0.4) is 0 Å². The Morgan fingerprint density at radius 2 is 1.67 bits per heavy atom. The van der Waals surface area contributed by atoms with Crippen molar-refractivity contribution in [3.8, 4) is 0 Å². The second-order valence-electron chi connectivity index (χ2n) is 4.29. The topological polar surface area (TPSA) is 26.0 Å². The van der Waals surface area contributed by atoms with E-state index in [-0.39, 0.29) is 5.92 Å². The summed E-state index contributed by atoms with van der Waals surface area (Å²) in [6, 6.07) is 0. The van der Waals surface area contributed by atoms with Crippen LogP contribution in [0.2, 0.25) is 0 Å². The van der Waals surface area contributed by atoms with Crippen molar-refractivity contribution in [3.05, 3.63) is 0 Å². The molecule has 0 radical (unpaired) electrons. The zero-order valence-corrected chi connectivity index (χ0v) is 8.68. The lowest BCUT2D eigenvalue weighted by Crippen LogP contribution is -2.30. The predicted molar refractivity (Wildman–Crippen MR) is 51.7 cm³/mol. The Kier molecular flexibility index (Phi) is 5.47. The van der Waals surface area contributed by atoms with Crippen molar-refractivity contribution in [2.75, 3.05) is 6.54 Å². The normalized spacial score (nSPS) is 17.0. The molecule has 0 heterocycles. The van der Waals surface area contributed by atoms with Crippen LogP contribution in [0, 0.1) is 17.8 Å². The molecule has 2 N–H and O–H groups in total. The monoisotopic (exact) mass is 175 g/mol. The first-order chi connectivity index (χ1) is 5.49. The minimum Gasteiger partial charge on any atom is -0.330 e. The van der Waals surface area contributed by atoms with Crippen LogP contribution in [-0.4, -0.2) is 12.7 Å². The Morgan fingerprint density at radius 1 is 1.17 bits per heavy atom. The highest BCUT2D eigenvalue weighted by Crippen LogP contribution is 2.22. The Morgan fingerprint density at radius 3 is 1.92 bits per heavy atom. The molecule has 12 heavy (non-hydrogen) atoms. The van der Waals surface area contributed by atoms with Crippen molar-refractivity contribution >= 4 is 0 Å². The molecule has 0 saturated carbocycles. The van der Waals surface area contributed by atoms with Crippen molar-refractivity contribution < 1.29 is 4.39 Å². The van der Waals surface area contributed by atoms with Gasteiger partial charge in [0.15, 0.2) is 0 Å². The molecule has 2 atom stereocenters. The van der Waals surface area contributed by atoms with E-state index in [4.69, 9.17) is 5.73 Å². The first-order valence-corrected chi connectivity index (χ1v) is 4.83. The van der Waals surface area contributed by atoms with E-state index in [9.17, 15) is 4.39 Å². The average molecular weight is 175 g/mol. The highest BCUT2D eigenvalue weighted by molar-refractivity contribution is 4.73. The van der Waals surface area contributed by atoms with Gasteiger partial charge < -0.3 is 5.73 Å². The Bertz CT molecular complexity index is 112. The summed E-state index contributed by atoms with van der Waals surface area (Å²) in [5, 5.41) is 0. The third-order valence-corrected chi connectivity index (χ3v) is 2.29. The summed E-state index contributed by atoms with van der Waals surface area (Å²) in [5.74, 6) is 0.809. The van der Waals surface area contributed by atoms with Crippen molar-refractivity contribution in [1.29, 1.82) is 0 Å². The summed E-state index contributed by atoms with van der Waals surface area (Å²) >= 11 is 0. The lowest BCUT2D eigenvalue weighted by atomic mass is 9.87. The smallest absolute Gasteiger partial charge is 0.105 e. The molecule has 0 rings (SSSR count). The quantitative estimate of drug-likeness (QED) is 0.683. The first kappa shape index (κ1) is 11.9. The molecule has 0 aliphatic rings. The van der Waals surface area contributed by atoms with Gasteiger partial charge in [0.1, 0.15) is 6.17 Å². The number of alkyl halides is 1. The van der Waals surface area contributed by atoms with Crippen molar-refractivity contribution in [2.45, 2.75) is 40.3 Å². The summed E-state index contributed by atoms with van der Waals surface area (Å²) in [6.45, 7) is 8.61. The zero-order valence-electron chi connectivity index (χ0n) is 8.68. The lowest BCUT2D eigenvalue weighted by molar-refractivity contribution is 0.160. The maximum absolute atomic E-state index is 13.5. The summed E-state index contributed by atoms with van der Waals surface area (Å²) in [4.78, 5) is 0. The van der Waals surface area contributed by atoms with Gasteiger partial charge in [0.2, 0.25) is 0 Å². The molecule has 2 unspecified atom stereocenters. The molecule has 2 heteroatoms. The largest absolute Gasteiger partial charge is 0.330 e. The maximum atomic E-state index is 13.5. The standard InChI is InChI=1S/C10H22FN/c1-7(2)5-10(11)9(6-12)8(3)4/h7-10H,5-6,12H2,1-4H3. The van der Waals surface area contributed by atoms with Crippen LogP contribution in [0.25, 0.3) is 0 Å². The van der Waals surface area contributed by atoms with Crippen LogP contribution < -0.4 is 5.73 Å². The lowest BCUT2D eigenvalue weighted by Gasteiger charge is -2.24. The average Bonchev–Trinajstić information content (AvgIpc) is 1.85. The minimum absolute atomic E-state index is 0.0346. The molecule has 0 fully saturated rings. The van der Waals surface area contributed by atoms with Crippen molar-refractivity contribution in [3.63, 3.8) is 0 Å². The zero-order chi connectivity index (χ0) is 9.72. The summed E-state index contributed by atoms with van der Waals surface area (Å²) < 4.78 is 13.5. The third kappa shape index (κ3) is 4.05. The number of rotatable bonds is 5. The molecule has 0 aromatic rings. The van der Waals surface area contributed by atoms with E-state index in [0.717, 1.165) is 0 Å². The highest BCUT2D eigenvalue weighted by atomic mass is 19.1. The maximum Gasteiger partial charge on any atom is 0.105 e. The van der Waals surface area contributed by atoms with Gasteiger partial charge in [-0.3, -0.25) is 0 Å². The van der Waals surface area contributed by atoms with E-state index < -0.39 is 6.17 Å². The van der Waals surface area contributed by atoms with Crippen LogP contribution in [0.4, 0.5) is 4.39 Å². The highest BCUT2D eigenvalue weighted by Gasteiger charge is 2.23. The molecular formula is C10H22FN. The van der Waals surface area contributed by atoms with Gasteiger partial charge in [-0.1, -0.05) is 27.7 Å². The molecule has 0 spiro atoms. The molecule has 0 aromatic carbocycles. The molecule has 0 bridgehead atoms. The van der Waals surface area contributed by atoms with Gasteiger partial charge in [-0.15, -0.1) is 0 Å². The Labute approximate surface area is 75.5 Å². The predicted octanol–water partition coefficient (Wildman–Crippen LogP) is 2.60. The van der Waals surface area contributed by atoms with Gasteiger partial charge in [-0.05, 0) is 24.8 Å². The molecular weight excluding hydrogens is 153 g/mol. The van der Waals surface area contributed by atoms with Gasteiger partial charge in [0.25, 0.3) is 0 Å². The summed E-state index contributed by atoms with van der Waals surface area (Å²) in [7, 11) is 0. The van der Waals surface area contributed by atoms with Crippen LogP contribution >= 0.6 is 0 Å². The van der Waals surface area contributed by atoms with E-state index in [0.29, 0.717) is 24.8 Å². The number of hydrogen-bond donors (Lipinski definition) is 1. The van der Waals surface area contributed by atoms with E-state index in [1.165, 1.54) is 0 Å². The molecule has 0 saturated heterocycles. The fraction of sp³-hybridized carbons (Fsp3) is 1.00. The van der Waals surface area contributed by atoms with Crippen LogP contribution in [0.1, 0.15) is 34.1 Å². The second-order valence-corrected chi connectivity index (χ2v) is 4.29. The number of nitrogens with two attached hydrogens (primary N) is 1. The van der Waals surface area contributed by atoms with Crippen molar-refractivity contribution in [1.82, 2.24) is 0 Å². The molecule has 1 nitrogen and oxygen atoms in total. The SMILES string of the molecule is CC(C)CC(F)C(CN)C(C)C. The first-order valence-electron chi connectivity index (χ1n) is 4.83. The van der Waals surface area contributed by atoms with Crippen LogP contribution in [0.15, 0.2) is 0 Å². The molecule has 0 aliphatic carbocycles. The second kappa shape index (κ2) is 5.52. The van der Waals surface area contributed by atoms with E-state index >= 15 is 0 Å². The van der Waals surface area contributed by atoms with E-state index in [1.54, 1.807) is 0 Å². The fourth-order valence-electron chi connectivity index (χ4n) is 1.46. The molecule has 74 valence electrons. The molecule has 0 amide bonds. The Balaban J connectivity index is 3.94.